The Kier molecular flexibility index (Phi) is 15.5. The third-order valence-corrected chi connectivity index (χ3v) is 14.1. The maximum Gasteiger partial charge on any atom is 0.262 e. The van der Waals surface area contributed by atoms with Crippen LogP contribution in [-0.4, -0.2) is 145 Å². The minimum absolute atomic E-state index is 0. The predicted molar refractivity (Wildman–Crippen MR) is 283 cm³/mol. The summed E-state index contributed by atoms with van der Waals surface area (Å²) in [6.07, 6.45) is -0.394. The number of benzene rings is 4. The molecule has 1 unspecified atom stereocenters. The van der Waals surface area contributed by atoms with Crippen LogP contribution in [0.4, 0.5) is 31.5 Å². The zero-order chi connectivity index (χ0) is 51.3. The van der Waals surface area contributed by atoms with Crippen LogP contribution in [-0.2, 0) is 9.59 Å². The number of likely N-dealkylation sites (N-methyl/N-ethyl adjacent to an activating group) is 2. The summed E-state index contributed by atoms with van der Waals surface area (Å²) in [5.74, 6) is 1.43. The number of rotatable bonds is 10. The summed E-state index contributed by atoms with van der Waals surface area (Å²) in [4.78, 5) is 37.3. The second-order valence-electron chi connectivity index (χ2n) is 20.4. The van der Waals surface area contributed by atoms with E-state index in [1.165, 1.54) is 12.1 Å². The summed E-state index contributed by atoms with van der Waals surface area (Å²) in [5, 5.41) is 28.4. The van der Waals surface area contributed by atoms with Crippen molar-refractivity contribution in [2.45, 2.75) is 97.2 Å². The van der Waals surface area contributed by atoms with Crippen LogP contribution in [0.15, 0.2) is 83.0 Å². The molecule has 6 aliphatic heterocycles. The van der Waals surface area contributed by atoms with Gasteiger partial charge in [0.25, 0.3) is 11.8 Å². The lowest BCUT2D eigenvalue weighted by Gasteiger charge is -2.55. The lowest BCUT2D eigenvalue weighted by atomic mass is 9.87. The first kappa shape index (κ1) is 53.7. The number of hydrogen-bond acceptors (Lipinski definition) is 14. The number of nitrogens with zero attached hydrogens (tertiary/aromatic N) is 8. The molecule has 10 rings (SSSR count). The van der Waals surface area contributed by atoms with Crippen molar-refractivity contribution < 1.29 is 38.1 Å². The summed E-state index contributed by atoms with van der Waals surface area (Å²) >= 11 is 0. The van der Waals surface area contributed by atoms with Crippen LogP contribution >= 0.6 is 12.4 Å². The molecule has 0 spiro atoms. The molecular weight excluding hydrogens is 946 g/mol. The third kappa shape index (κ3) is 10.3. The van der Waals surface area contributed by atoms with E-state index in [9.17, 15) is 28.6 Å². The number of halogens is 3. The van der Waals surface area contributed by atoms with E-state index in [0.29, 0.717) is 47.4 Å². The SMILES string of the molecule is CC.CC(O)CN1CC(C)(N(C)c2cc3c(cc2-c2ccccc2F)OCC2=NNC(=O)[C@@H](C)N23)C1.C[C@@H]1C(=O)NN=C2COc3cc(-c4ccccc4F)c(N(C)C4(C)CN(CC(C)(C)O)C4)cc3N21.Cl. The quantitative estimate of drug-likeness (QED) is 0.134. The van der Waals surface area contributed by atoms with E-state index in [2.05, 4.69) is 54.5 Å². The summed E-state index contributed by atoms with van der Waals surface area (Å²) in [6.45, 7) is 22.1. The zero-order valence-electron chi connectivity index (χ0n) is 43.1. The smallest absolute Gasteiger partial charge is 0.262 e. The molecule has 2 fully saturated rings. The van der Waals surface area contributed by atoms with Crippen LogP contribution in [0.1, 0.15) is 62.3 Å². The van der Waals surface area contributed by atoms with Gasteiger partial charge in [0.1, 0.15) is 48.4 Å². The molecule has 6 aliphatic rings. The highest BCUT2D eigenvalue weighted by Gasteiger charge is 2.46. The molecule has 16 nitrogen and oxygen atoms in total. The molecule has 0 saturated carbocycles. The molecule has 0 bridgehead atoms. The van der Waals surface area contributed by atoms with Gasteiger partial charge in [-0.3, -0.25) is 19.4 Å². The first-order valence-corrected chi connectivity index (χ1v) is 24.4. The van der Waals surface area contributed by atoms with Crippen LogP contribution in [0.25, 0.3) is 22.3 Å². The number of hydrogen-bond donors (Lipinski definition) is 4. The van der Waals surface area contributed by atoms with Gasteiger partial charge in [-0.15, -0.1) is 12.4 Å². The number of aliphatic hydroxyl groups is 2. The predicted octanol–water partition coefficient (Wildman–Crippen LogP) is 6.67. The standard InChI is InChI=1S/C26H32FN5O3.C25H30FN5O3.C2H6.ClH/c1-16-24(33)29-28-23-12-35-22-10-18(17-8-6-7-9-19(17)27)20(11-21(22)32(16)23)30(5)26(4)14-31(15-26)13-25(2,3)34;1-15(32)11-30-13-25(3,14-30)29(4)20-10-21-22(9-18(20)17-7-5-6-8-19(17)26)34-12-23-27-28-24(33)16(2)31(21)23;1-2;/h6-11,16,34H,12-15H2,1-5H3,(H,29,33);5-10,15-16,32H,11-14H2,1-4H3,(H,28,33);1-2H3;1H/t16-;15?,16-;;/m11../s1. The van der Waals surface area contributed by atoms with E-state index < -0.39 is 23.8 Å². The molecule has 6 heterocycles. The number of carbonyl (C=O) groups excluding carboxylic acids is 2. The fraction of sp³-hybridized carbons (Fsp3) is 0.472. The Morgan fingerprint density at radius 1 is 0.722 bits per heavy atom. The molecule has 388 valence electrons. The fourth-order valence-corrected chi connectivity index (χ4v) is 10.5. The summed E-state index contributed by atoms with van der Waals surface area (Å²) in [6, 6.07) is 20.2. The van der Waals surface area contributed by atoms with E-state index in [1.54, 1.807) is 45.0 Å². The fourth-order valence-electron chi connectivity index (χ4n) is 10.5. The van der Waals surface area contributed by atoms with Crippen molar-refractivity contribution in [2.24, 2.45) is 10.2 Å². The van der Waals surface area contributed by atoms with Crippen molar-refractivity contribution in [2.75, 3.05) is 86.2 Å². The number of β-amino-alcohol motifs (C(OH)–C–C–N with tert-alkyl or cyclic N) is 2. The molecular formula is C53H69ClF2N10O6. The number of ether oxygens (including phenoxy) is 2. The van der Waals surface area contributed by atoms with Crippen LogP contribution in [0.3, 0.4) is 0 Å². The van der Waals surface area contributed by atoms with Crippen molar-refractivity contribution in [3.05, 3.63) is 84.4 Å². The second-order valence-corrected chi connectivity index (χ2v) is 20.4. The Morgan fingerprint density at radius 2 is 1.11 bits per heavy atom. The van der Waals surface area contributed by atoms with E-state index >= 15 is 0 Å². The number of amides is 2. The van der Waals surface area contributed by atoms with Crippen LogP contribution < -0.4 is 39.9 Å². The highest BCUT2D eigenvalue weighted by atomic mass is 35.5. The van der Waals surface area contributed by atoms with E-state index in [-0.39, 0.29) is 60.1 Å². The Bertz CT molecular complexity index is 2740. The lowest BCUT2D eigenvalue weighted by Crippen LogP contribution is -2.69. The molecule has 4 aromatic carbocycles. The van der Waals surface area contributed by atoms with Gasteiger partial charge in [0.05, 0.1) is 34.2 Å². The average Bonchev–Trinajstić information content (AvgIpc) is 3.31. The summed E-state index contributed by atoms with van der Waals surface area (Å²) in [7, 11) is 4.02. The first-order valence-electron chi connectivity index (χ1n) is 24.4. The molecule has 72 heavy (non-hydrogen) atoms. The maximum absolute atomic E-state index is 15.0. The van der Waals surface area contributed by atoms with Crippen LogP contribution in [0.5, 0.6) is 11.5 Å². The Labute approximate surface area is 427 Å². The van der Waals surface area contributed by atoms with Gasteiger partial charge in [-0.2, -0.15) is 10.2 Å². The minimum atomic E-state index is -0.776. The Hall–Kier alpha value is -6.05. The normalized spacial score (nSPS) is 20.8. The van der Waals surface area contributed by atoms with Gasteiger partial charge in [0, 0.05) is 87.0 Å². The van der Waals surface area contributed by atoms with Crippen LogP contribution in [0, 0.1) is 11.6 Å². The highest BCUT2D eigenvalue weighted by Crippen LogP contribution is 2.48. The van der Waals surface area contributed by atoms with Crippen molar-refractivity contribution >= 4 is 58.6 Å². The molecule has 0 radical (unpaired) electrons. The Balaban J connectivity index is 0.000000202. The minimum Gasteiger partial charge on any atom is -0.483 e. The second kappa shape index (κ2) is 20.8. The van der Waals surface area contributed by atoms with Gasteiger partial charge in [0.2, 0.25) is 0 Å². The number of nitrogens with one attached hydrogen (secondary N) is 2. The van der Waals surface area contributed by atoms with Crippen molar-refractivity contribution in [3.63, 3.8) is 0 Å². The average molecular weight is 1020 g/mol. The number of carbonyl (C=O) groups is 2. The topological polar surface area (TPSA) is 161 Å². The van der Waals surface area contributed by atoms with Gasteiger partial charge in [-0.05, 0) is 84.9 Å². The number of likely N-dealkylation sites (tertiary alicyclic amines) is 2. The molecule has 4 aromatic rings. The summed E-state index contributed by atoms with van der Waals surface area (Å²) < 4.78 is 42.0. The van der Waals surface area contributed by atoms with E-state index in [0.717, 1.165) is 60.1 Å². The van der Waals surface area contributed by atoms with Gasteiger partial charge in [-0.25, -0.2) is 19.6 Å². The lowest BCUT2D eigenvalue weighted by molar-refractivity contribution is -0.123. The number of fused-ring (bicyclic) bond motifs is 6. The van der Waals surface area contributed by atoms with Gasteiger partial charge >= 0.3 is 0 Å². The molecule has 4 N–H and O–H groups in total. The molecule has 3 atom stereocenters. The molecule has 0 aliphatic carbocycles. The van der Waals surface area contributed by atoms with Crippen molar-refractivity contribution in [1.29, 1.82) is 0 Å². The number of aliphatic hydroxyl groups excluding tert-OH is 1. The Morgan fingerprint density at radius 3 is 1.49 bits per heavy atom. The first-order chi connectivity index (χ1) is 33.6. The number of hydrazone groups is 2. The monoisotopic (exact) mass is 1010 g/mol. The molecule has 2 saturated heterocycles. The van der Waals surface area contributed by atoms with Gasteiger partial charge in [0.15, 0.2) is 11.7 Å². The largest absolute Gasteiger partial charge is 0.483 e. The molecule has 19 heteroatoms. The maximum atomic E-state index is 15.0. The van der Waals surface area contributed by atoms with Gasteiger partial charge < -0.3 is 39.3 Å². The molecule has 2 amide bonds. The van der Waals surface area contributed by atoms with Crippen molar-refractivity contribution in [3.8, 4) is 33.8 Å². The highest BCUT2D eigenvalue weighted by molar-refractivity contribution is 6.11. The molecule has 0 aromatic heterocycles. The zero-order valence-corrected chi connectivity index (χ0v) is 43.9. The number of amidine groups is 2. The van der Waals surface area contributed by atoms with E-state index in [4.69, 9.17) is 9.47 Å². The summed E-state index contributed by atoms with van der Waals surface area (Å²) in [5.41, 5.74) is 9.46. The third-order valence-electron chi connectivity index (χ3n) is 14.1. The van der Waals surface area contributed by atoms with Crippen molar-refractivity contribution in [1.82, 2.24) is 20.7 Å². The van der Waals surface area contributed by atoms with Crippen LogP contribution in [0.2, 0.25) is 0 Å². The van der Waals surface area contributed by atoms with E-state index in [1.807, 2.05) is 88.0 Å². The number of anilines is 4. The van der Waals surface area contributed by atoms with Gasteiger partial charge in [-0.1, -0.05) is 50.2 Å².